The van der Waals surface area contributed by atoms with Gasteiger partial charge in [-0.1, -0.05) is 19.1 Å². The number of amides is 2. The highest BCUT2D eigenvalue weighted by atomic mass is 32.1. The minimum absolute atomic E-state index is 0.0817. The van der Waals surface area contributed by atoms with Gasteiger partial charge in [0.05, 0.1) is 6.54 Å². The first-order valence-corrected chi connectivity index (χ1v) is 10.4. The topological polar surface area (TPSA) is 43.9 Å². The smallest absolute Gasteiger partial charge is 0.253 e. The molecule has 27 heavy (non-hydrogen) atoms. The number of benzene rings is 1. The van der Waals surface area contributed by atoms with E-state index < -0.39 is 0 Å². The largest absolute Gasteiger partial charge is 0.340 e. The van der Waals surface area contributed by atoms with Crippen molar-refractivity contribution in [3.05, 3.63) is 57.8 Å². The van der Waals surface area contributed by atoms with E-state index in [1.807, 2.05) is 47.7 Å². The number of hydrogen-bond acceptors (Lipinski definition) is 4. The second kappa shape index (κ2) is 9.15. The molecule has 1 aliphatic heterocycles. The third-order valence-corrected chi connectivity index (χ3v) is 5.79. The summed E-state index contributed by atoms with van der Waals surface area (Å²) < 4.78 is 0. The maximum Gasteiger partial charge on any atom is 0.253 e. The molecule has 0 radical (unpaired) electrons. The van der Waals surface area contributed by atoms with Crippen LogP contribution in [0.2, 0.25) is 0 Å². The zero-order chi connectivity index (χ0) is 19.2. The molecule has 0 N–H and O–H groups in total. The number of rotatable bonds is 6. The van der Waals surface area contributed by atoms with E-state index in [1.54, 1.807) is 16.2 Å². The normalized spacial score (nSPS) is 15.0. The zero-order valence-corrected chi connectivity index (χ0v) is 16.9. The number of likely N-dealkylation sites (N-methyl/N-ethyl adjacent to an activating group) is 1. The second-order valence-electron chi connectivity index (χ2n) is 7.00. The zero-order valence-electron chi connectivity index (χ0n) is 16.1. The number of carbonyl (C=O) groups is 2. The summed E-state index contributed by atoms with van der Waals surface area (Å²) in [6.45, 7) is 5.96. The lowest BCUT2D eigenvalue weighted by molar-refractivity contribution is -0.132. The highest BCUT2D eigenvalue weighted by molar-refractivity contribution is 7.07. The van der Waals surface area contributed by atoms with Gasteiger partial charge >= 0.3 is 0 Å². The van der Waals surface area contributed by atoms with E-state index in [1.165, 1.54) is 11.1 Å². The highest BCUT2D eigenvalue weighted by Gasteiger charge is 2.24. The fraction of sp³-hybridized carbons (Fsp3) is 0.429. The maximum atomic E-state index is 12.6. The van der Waals surface area contributed by atoms with Crippen LogP contribution in [0.1, 0.15) is 28.4 Å². The first kappa shape index (κ1) is 19.6. The first-order chi connectivity index (χ1) is 13.1. The fourth-order valence-corrected chi connectivity index (χ4v) is 3.89. The third kappa shape index (κ3) is 5.17. The summed E-state index contributed by atoms with van der Waals surface area (Å²) in [7, 11) is 1.85. The number of piperazine rings is 1. The highest BCUT2D eigenvalue weighted by Crippen LogP contribution is 2.12. The number of thiophene rings is 1. The second-order valence-corrected chi connectivity index (χ2v) is 7.78. The van der Waals surface area contributed by atoms with E-state index in [0.29, 0.717) is 26.2 Å². The molecule has 0 saturated carbocycles. The minimum atomic E-state index is 0.0817. The van der Waals surface area contributed by atoms with Gasteiger partial charge in [-0.2, -0.15) is 11.3 Å². The van der Waals surface area contributed by atoms with E-state index in [4.69, 9.17) is 0 Å². The summed E-state index contributed by atoms with van der Waals surface area (Å²) in [5.74, 6) is 0.203. The lowest BCUT2D eigenvalue weighted by Gasteiger charge is -2.35. The number of hydrogen-bond donors (Lipinski definition) is 0. The van der Waals surface area contributed by atoms with Gasteiger partial charge in [0.15, 0.2) is 0 Å². The van der Waals surface area contributed by atoms with Crippen molar-refractivity contribution >= 4 is 23.2 Å². The molecular weight excluding hydrogens is 358 g/mol. The van der Waals surface area contributed by atoms with Crippen LogP contribution in [-0.4, -0.2) is 66.3 Å². The fourth-order valence-electron chi connectivity index (χ4n) is 3.23. The Labute approximate surface area is 165 Å². The Morgan fingerprint density at radius 3 is 2.33 bits per heavy atom. The Hall–Kier alpha value is -2.18. The molecule has 0 bridgehead atoms. The summed E-state index contributed by atoms with van der Waals surface area (Å²) in [5.41, 5.74) is 3.15. The summed E-state index contributed by atoms with van der Waals surface area (Å²) in [4.78, 5) is 30.9. The Balaban J connectivity index is 1.46. The minimum Gasteiger partial charge on any atom is -0.340 e. The van der Waals surface area contributed by atoms with Gasteiger partial charge in [0.25, 0.3) is 5.91 Å². The van der Waals surface area contributed by atoms with E-state index in [-0.39, 0.29) is 11.8 Å². The first-order valence-electron chi connectivity index (χ1n) is 9.42. The third-order valence-electron chi connectivity index (χ3n) is 5.05. The van der Waals surface area contributed by atoms with Crippen LogP contribution in [-0.2, 0) is 17.8 Å². The summed E-state index contributed by atoms with van der Waals surface area (Å²) in [5, 5.41) is 4.10. The van der Waals surface area contributed by atoms with Gasteiger partial charge < -0.3 is 9.80 Å². The summed E-state index contributed by atoms with van der Waals surface area (Å²) in [6, 6.07) is 9.91. The van der Waals surface area contributed by atoms with Crippen molar-refractivity contribution in [2.45, 2.75) is 19.9 Å². The van der Waals surface area contributed by atoms with Crippen LogP contribution in [0.4, 0.5) is 0 Å². The van der Waals surface area contributed by atoms with Gasteiger partial charge in [0.1, 0.15) is 0 Å². The predicted molar refractivity (Wildman–Crippen MR) is 109 cm³/mol. The van der Waals surface area contributed by atoms with Crippen LogP contribution in [0.25, 0.3) is 0 Å². The van der Waals surface area contributed by atoms with Gasteiger partial charge in [0, 0.05) is 45.3 Å². The predicted octanol–water partition coefficient (Wildman–Crippen LogP) is 2.73. The quantitative estimate of drug-likeness (QED) is 0.768. The molecule has 0 atom stereocenters. The maximum absolute atomic E-state index is 12.6. The standard InChI is InChI=1S/C21H27N3O2S/c1-3-17-4-6-19(7-5-17)21(26)24-11-9-23(10-12-24)15-20(25)22(2)14-18-8-13-27-16-18/h4-8,13,16H,3,9-12,14-15H2,1-2H3. The molecule has 0 unspecified atom stereocenters. The molecule has 3 rings (SSSR count). The summed E-state index contributed by atoms with van der Waals surface area (Å²) in [6.07, 6.45) is 0.974. The molecule has 6 heteroatoms. The Morgan fingerprint density at radius 2 is 1.74 bits per heavy atom. The van der Waals surface area contributed by atoms with Crippen LogP contribution in [0.15, 0.2) is 41.1 Å². The molecule has 1 aliphatic rings. The van der Waals surface area contributed by atoms with Crippen molar-refractivity contribution in [2.24, 2.45) is 0 Å². The number of nitrogens with zero attached hydrogens (tertiary/aromatic N) is 3. The lowest BCUT2D eigenvalue weighted by atomic mass is 10.1. The molecular formula is C21H27N3O2S. The molecule has 1 aromatic heterocycles. The van der Waals surface area contributed by atoms with Gasteiger partial charge in [-0.25, -0.2) is 0 Å². The van der Waals surface area contributed by atoms with Crippen molar-refractivity contribution in [2.75, 3.05) is 39.8 Å². The molecule has 2 aromatic rings. The lowest BCUT2D eigenvalue weighted by Crippen LogP contribution is -2.51. The molecule has 1 saturated heterocycles. The molecule has 0 spiro atoms. The average molecular weight is 386 g/mol. The number of aryl methyl sites for hydroxylation is 1. The van der Waals surface area contributed by atoms with Crippen LogP contribution >= 0.6 is 11.3 Å². The van der Waals surface area contributed by atoms with Crippen molar-refractivity contribution < 1.29 is 9.59 Å². The van der Waals surface area contributed by atoms with Gasteiger partial charge in [0.2, 0.25) is 5.91 Å². The monoisotopic (exact) mass is 385 g/mol. The molecule has 2 heterocycles. The van der Waals surface area contributed by atoms with Crippen LogP contribution in [0, 0.1) is 0 Å². The molecule has 1 aromatic carbocycles. The Morgan fingerprint density at radius 1 is 1.04 bits per heavy atom. The van der Waals surface area contributed by atoms with Gasteiger partial charge in [-0.05, 0) is 46.5 Å². The molecule has 1 fully saturated rings. The van der Waals surface area contributed by atoms with E-state index in [0.717, 1.165) is 25.1 Å². The van der Waals surface area contributed by atoms with Crippen molar-refractivity contribution in [3.8, 4) is 0 Å². The van der Waals surface area contributed by atoms with E-state index >= 15 is 0 Å². The molecule has 2 amide bonds. The van der Waals surface area contributed by atoms with Crippen LogP contribution < -0.4 is 0 Å². The van der Waals surface area contributed by atoms with Crippen LogP contribution in [0.3, 0.4) is 0 Å². The van der Waals surface area contributed by atoms with E-state index in [2.05, 4.69) is 17.2 Å². The van der Waals surface area contributed by atoms with Crippen LogP contribution in [0.5, 0.6) is 0 Å². The van der Waals surface area contributed by atoms with Crippen molar-refractivity contribution in [3.63, 3.8) is 0 Å². The Bertz CT molecular complexity index is 750. The SMILES string of the molecule is CCc1ccc(C(=O)N2CCN(CC(=O)N(C)Cc3ccsc3)CC2)cc1. The molecule has 5 nitrogen and oxygen atoms in total. The average Bonchev–Trinajstić information content (AvgIpc) is 3.21. The number of carbonyl (C=O) groups excluding carboxylic acids is 2. The van der Waals surface area contributed by atoms with E-state index in [9.17, 15) is 9.59 Å². The van der Waals surface area contributed by atoms with Crippen molar-refractivity contribution in [1.29, 1.82) is 0 Å². The van der Waals surface area contributed by atoms with Gasteiger partial charge in [-0.3, -0.25) is 14.5 Å². The summed E-state index contributed by atoms with van der Waals surface area (Å²) >= 11 is 1.65. The van der Waals surface area contributed by atoms with Crippen molar-refractivity contribution in [1.82, 2.24) is 14.7 Å². The Kier molecular flexibility index (Phi) is 6.63. The molecule has 0 aliphatic carbocycles. The molecule has 144 valence electrons. The van der Waals surface area contributed by atoms with Gasteiger partial charge in [-0.15, -0.1) is 0 Å².